The topological polar surface area (TPSA) is 75.7 Å². The predicted molar refractivity (Wildman–Crippen MR) is 111 cm³/mol. The average Bonchev–Trinajstić information content (AvgIpc) is 2.67. The van der Waals surface area contributed by atoms with Crippen LogP contribution < -0.4 is 10.1 Å². The van der Waals surface area contributed by atoms with Gasteiger partial charge in [-0.15, -0.1) is 0 Å². The number of hydrogen-bond acceptors (Lipinski definition) is 4. The summed E-state index contributed by atoms with van der Waals surface area (Å²) in [7, 11) is -1.90. The summed E-state index contributed by atoms with van der Waals surface area (Å²) in [6.07, 6.45) is 0.810. The molecule has 0 aromatic heterocycles. The van der Waals surface area contributed by atoms with Crippen molar-refractivity contribution in [1.29, 1.82) is 0 Å². The number of ether oxygens (including phenoxy) is 1. The van der Waals surface area contributed by atoms with Crippen LogP contribution in [0.2, 0.25) is 0 Å². The van der Waals surface area contributed by atoms with Crippen LogP contribution in [-0.4, -0.2) is 38.8 Å². The highest BCUT2D eigenvalue weighted by molar-refractivity contribution is 7.89. The molecule has 0 fully saturated rings. The molecule has 2 rings (SSSR count). The fourth-order valence-electron chi connectivity index (χ4n) is 2.93. The Labute approximate surface area is 167 Å². The van der Waals surface area contributed by atoms with Gasteiger partial charge in [0, 0.05) is 19.5 Å². The molecule has 0 aliphatic rings. The van der Waals surface area contributed by atoms with Crippen LogP contribution in [0.15, 0.2) is 47.4 Å². The van der Waals surface area contributed by atoms with Gasteiger partial charge in [0.2, 0.25) is 15.9 Å². The minimum atomic E-state index is -3.46. The lowest BCUT2D eigenvalue weighted by Gasteiger charge is -2.18. The van der Waals surface area contributed by atoms with Gasteiger partial charge in [-0.3, -0.25) is 4.79 Å². The van der Waals surface area contributed by atoms with Crippen LogP contribution in [-0.2, 0) is 21.2 Å². The van der Waals surface area contributed by atoms with E-state index in [-0.39, 0.29) is 10.8 Å². The molecule has 0 bridgehead atoms. The van der Waals surface area contributed by atoms with Gasteiger partial charge >= 0.3 is 0 Å². The van der Waals surface area contributed by atoms with Crippen LogP contribution in [0.3, 0.4) is 0 Å². The second kappa shape index (κ2) is 9.71. The molecule has 1 N–H and O–H groups in total. The van der Waals surface area contributed by atoms with E-state index in [1.165, 1.54) is 4.31 Å². The molecule has 0 saturated heterocycles. The monoisotopic (exact) mass is 404 g/mol. The zero-order valence-electron chi connectivity index (χ0n) is 16.9. The van der Waals surface area contributed by atoms with Crippen molar-refractivity contribution in [2.75, 3.05) is 25.5 Å². The van der Waals surface area contributed by atoms with Gasteiger partial charge in [0.25, 0.3) is 0 Å². The van der Waals surface area contributed by atoms with Crippen molar-refractivity contribution in [2.24, 2.45) is 0 Å². The minimum Gasteiger partial charge on any atom is -0.495 e. The van der Waals surface area contributed by atoms with Gasteiger partial charge in [0.15, 0.2) is 0 Å². The number of amides is 1. The molecule has 0 saturated carbocycles. The fourth-order valence-corrected chi connectivity index (χ4v) is 4.39. The Balaban J connectivity index is 2.00. The van der Waals surface area contributed by atoms with E-state index >= 15 is 0 Å². The molecule has 0 unspecified atom stereocenters. The van der Waals surface area contributed by atoms with E-state index in [0.29, 0.717) is 37.4 Å². The molecule has 0 radical (unpaired) electrons. The standard InChI is InChI=1S/C21H28N2O4S/c1-5-23(6-2)28(25,26)18-11-8-17(9-12-18)10-14-21(24)22-19-15-16(3)7-13-20(19)27-4/h7-9,11-13,15H,5-6,10,14H2,1-4H3,(H,22,24). The molecule has 0 aliphatic carbocycles. The first-order chi connectivity index (χ1) is 13.3. The third-order valence-corrected chi connectivity index (χ3v) is 6.60. The number of hydrogen-bond donors (Lipinski definition) is 1. The number of carbonyl (C=O) groups excluding carboxylic acids is 1. The largest absolute Gasteiger partial charge is 0.495 e. The average molecular weight is 405 g/mol. The molecule has 0 heterocycles. The highest BCUT2D eigenvalue weighted by atomic mass is 32.2. The maximum absolute atomic E-state index is 12.5. The summed E-state index contributed by atoms with van der Waals surface area (Å²) in [5, 5.41) is 2.87. The Morgan fingerprint density at radius 1 is 1.07 bits per heavy atom. The molecule has 152 valence electrons. The van der Waals surface area contributed by atoms with Gasteiger partial charge in [-0.05, 0) is 48.7 Å². The van der Waals surface area contributed by atoms with Crippen molar-refractivity contribution in [3.05, 3.63) is 53.6 Å². The molecule has 7 heteroatoms. The molecule has 0 aliphatic heterocycles. The first kappa shape index (κ1) is 21.9. The highest BCUT2D eigenvalue weighted by Crippen LogP contribution is 2.25. The van der Waals surface area contributed by atoms with Gasteiger partial charge in [-0.25, -0.2) is 8.42 Å². The Hall–Kier alpha value is -2.38. The molecule has 0 spiro atoms. The molecule has 0 atom stereocenters. The summed E-state index contributed by atoms with van der Waals surface area (Å²) >= 11 is 0. The second-order valence-corrected chi connectivity index (χ2v) is 8.42. The van der Waals surface area contributed by atoms with Crippen molar-refractivity contribution >= 4 is 21.6 Å². The van der Waals surface area contributed by atoms with Crippen molar-refractivity contribution in [2.45, 2.75) is 38.5 Å². The number of nitrogens with one attached hydrogen (secondary N) is 1. The Kier molecular flexibility index (Phi) is 7.60. The summed E-state index contributed by atoms with van der Waals surface area (Å²) in [6.45, 7) is 6.45. The molecule has 2 aromatic rings. The van der Waals surface area contributed by atoms with E-state index in [4.69, 9.17) is 4.74 Å². The number of rotatable bonds is 9. The number of nitrogens with zero attached hydrogens (tertiary/aromatic N) is 1. The summed E-state index contributed by atoms with van der Waals surface area (Å²) < 4.78 is 31.7. The maximum Gasteiger partial charge on any atom is 0.243 e. The third-order valence-electron chi connectivity index (χ3n) is 4.54. The summed E-state index contributed by atoms with van der Waals surface area (Å²) in [4.78, 5) is 12.6. The predicted octanol–water partition coefficient (Wildman–Crippen LogP) is 3.61. The quantitative estimate of drug-likeness (QED) is 0.693. The van der Waals surface area contributed by atoms with Crippen LogP contribution in [0.4, 0.5) is 5.69 Å². The summed E-state index contributed by atoms with van der Waals surface area (Å²) in [5.41, 5.74) is 2.58. The third kappa shape index (κ3) is 5.33. The molecule has 1 amide bonds. The normalized spacial score (nSPS) is 11.5. The van der Waals surface area contributed by atoms with E-state index in [2.05, 4.69) is 5.32 Å². The first-order valence-corrected chi connectivity index (χ1v) is 10.8. The van der Waals surface area contributed by atoms with Gasteiger partial charge < -0.3 is 10.1 Å². The summed E-state index contributed by atoms with van der Waals surface area (Å²) in [5.74, 6) is 0.494. The molecular formula is C21H28N2O4S. The van der Waals surface area contributed by atoms with Gasteiger partial charge in [0.05, 0.1) is 17.7 Å². The summed E-state index contributed by atoms with van der Waals surface area (Å²) in [6, 6.07) is 12.3. The maximum atomic E-state index is 12.5. The van der Waals surface area contributed by atoms with Crippen molar-refractivity contribution in [3.8, 4) is 5.75 Å². The number of sulfonamides is 1. The van der Waals surface area contributed by atoms with Crippen LogP contribution in [0.5, 0.6) is 5.75 Å². The van der Waals surface area contributed by atoms with Crippen LogP contribution in [0.1, 0.15) is 31.4 Å². The van der Waals surface area contributed by atoms with E-state index in [1.807, 2.05) is 39.0 Å². The zero-order chi connectivity index (χ0) is 20.7. The number of methoxy groups -OCH3 is 1. The molecular weight excluding hydrogens is 376 g/mol. The fraction of sp³-hybridized carbons (Fsp3) is 0.381. The SMILES string of the molecule is CCN(CC)S(=O)(=O)c1ccc(CCC(=O)Nc2cc(C)ccc2OC)cc1. The highest BCUT2D eigenvalue weighted by Gasteiger charge is 2.21. The lowest BCUT2D eigenvalue weighted by Crippen LogP contribution is -2.30. The zero-order valence-corrected chi connectivity index (χ0v) is 17.7. The number of carbonyl (C=O) groups is 1. The number of benzene rings is 2. The number of anilines is 1. The van der Waals surface area contributed by atoms with Gasteiger partial charge in [-0.1, -0.05) is 32.0 Å². The minimum absolute atomic E-state index is 0.122. The van der Waals surface area contributed by atoms with Gasteiger partial charge in [-0.2, -0.15) is 4.31 Å². The Morgan fingerprint density at radius 2 is 1.71 bits per heavy atom. The Bertz CT molecular complexity index is 905. The number of aryl methyl sites for hydroxylation is 2. The van der Waals surface area contributed by atoms with Crippen LogP contribution in [0, 0.1) is 6.92 Å². The van der Waals surface area contributed by atoms with Gasteiger partial charge in [0.1, 0.15) is 5.75 Å². The lowest BCUT2D eigenvalue weighted by molar-refractivity contribution is -0.116. The first-order valence-electron chi connectivity index (χ1n) is 9.35. The second-order valence-electron chi connectivity index (χ2n) is 6.49. The molecule has 2 aromatic carbocycles. The van der Waals surface area contributed by atoms with E-state index in [1.54, 1.807) is 31.4 Å². The van der Waals surface area contributed by atoms with E-state index < -0.39 is 10.0 Å². The van der Waals surface area contributed by atoms with E-state index in [0.717, 1.165) is 11.1 Å². The molecule has 28 heavy (non-hydrogen) atoms. The van der Waals surface area contributed by atoms with E-state index in [9.17, 15) is 13.2 Å². The van der Waals surface area contributed by atoms with Crippen molar-refractivity contribution in [3.63, 3.8) is 0 Å². The Morgan fingerprint density at radius 3 is 2.29 bits per heavy atom. The van der Waals surface area contributed by atoms with Crippen LogP contribution >= 0.6 is 0 Å². The molecule has 6 nitrogen and oxygen atoms in total. The van der Waals surface area contributed by atoms with Crippen molar-refractivity contribution < 1.29 is 17.9 Å². The smallest absolute Gasteiger partial charge is 0.243 e. The lowest BCUT2D eigenvalue weighted by atomic mass is 10.1. The van der Waals surface area contributed by atoms with Crippen molar-refractivity contribution in [1.82, 2.24) is 4.31 Å². The van der Waals surface area contributed by atoms with Crippen LogP contribution in [0.25, 0.3) is 0 Å².